The van der Waals surface area contributed by atoms with E-state index in [1.165, 1.54) is 0 Å². The Morgan fingerprint density at radius 3 is 2.92 bits per heavy atom. The van der Waals surface area contributed by atoms with E-state index in [1.54, 1.807) is 6.07 Å². The Balaban J connectivity index is 2.72. The van der Waals surface area contributed by atoms with Crippen LogP contribution in [-0.2, 0) is 0 Å². The smallest absolute Gasteiger partial charge is 0.133 e. The van der Waals surface area contributed by atoms with E-state index in [2.05, 4.69) is 4.98 Å². The van der Waals surface area contributed by atoms with E-state index in [4.69, 9.17) is 22.1 Å². The van der Waals surface area contributed by atoms with Crippen LogP contribution in [0.4, 0.5) is 0 Å². The number of aromatic nitrogens is 1. The lowest BCUT2D eigenvalue weighted by Gasteiger charge is -2.04. The van der Waals surface area contributed by atoms with Crippen molar-refractivity contribution >= 4 is 11.6 Å². The molecule has 1 aromatic rings. The molecule has 0 amide bonds. The van der Waals surface area contributed by atoms with Crippen LogP contribution < -0.4 is 10.5 Å². The van der Waals surface area contributed by atoms with Gasteiger partial charge in [-0.1, -0.05) is 11.6 Å². The Labute approximate surface area is 76.5 Å². The average molecular weight is 187 g/mol. The predicted molar refractivity (Wildman–Crippen MR) is 48.5 cm³/mol. The van der Waals surface area contributed by atoms with Crippen molar-refractivity contribution in [1.82, 2.24) is 4.98 Å². The molecule has 3 nitrogen and oxygen atoms in total. The number of pyridine rings is 1. The number of hydrogen-bond donors (Lipinski definition) is 1. The third-order valence-corrected chi connectivity index (χ3v) is 1.48. The predicted octanol–water partition coefficient (Wildman–Crippen LogP) is 1.38. The summed E-state index contributed by atoms with van der Waals surface area (Å²) in [4.78, 5) is 4.00. The standard InChI is InChI=1S/C8H11ClN2O/c1-6-4-7(12-3-2-10)5-8(9)11-6/h4-5H,2-3,10H2,1H3. The molecule has 0 fully saturated rings. The van der Waals surface area contributed by atoms with Gasteiger partial charge in [-0.15, -0.1) is 0 Å². The van der Waals surface area contributed by atoms with Crippen LogP contribution in [0.15, 0.2) is 12.1 Å². The molecular weight excluding hydrogens is 176 g/mol. The molecule has 0 saturated heterocycles. The summed E-state index contributed by atoms with van der Waals surface area (Å²) in [5.41, 5.74) is 6.12. The Morgan fingerprint density at radius 1 is 1.58 bits per heavy atom. The molecule has 0 aromatic carbocycles. The van der Waals surface area contributed by atoms with E-state index in [9.17, 15) is 0 Å². The fourth-order valence-corrected chi connectivity index (χ4v) is 1.10. The van der Waals surface area contributed by atoms with E-state index < -0.39 is 0 Å². The Kier molecular flexibility index (Phi) is 3.31. The molecule has 1 rings (SSSR count). The summed E-state index contributed by atoms with van der Waals surface area (Å²) in [5.74, 6) is 0.720. The van der Waals surface area contributed by atoms with Gasteiger partial charge in [0.2, 0.25) is 0 Å². The van der Waals surface area contributed by atoms with Crippen molar-refractivity contribution in [2.24, 2.45) is 5.73 Å². The number of nitrogens with two attached hydrogens (primary N) is 1. The molecular formula is C8H11ClN2O. The van der Waals surface area contributed by atoms with Crippen molar-refractivity contribution in [1.29, 1.82) is 0 Å². The van der Waals surface area contributed by atoms with Gasteiger partial charge in [0.1, 0.15) is 17.5 Å². The largest absolute Gasteiger partial charge is 0.492 e. The highest BCUT2D eigenvalue weighted by atomic mass is 35.5. The van der Waals surface area contributed by atoms with Gasteiger partial charge >= 0.3 is 0 Å². The minimum absolute atomic E-state index is 0.446. The lowest BCUT2D eigenvalue weighted by molar-refractivity contribution is 0.327. The second-order valence-electron chi connectivity index (χ2n) is 2.40. The number of aryl methyl sites for hydroxylation is 1. The molecule has 2 N–H and O–H groups in total. The van der Waals surface area contributed by atoms with Crippen LogP contribution in [0.3, 0.4) is 0 Å². The van der Waals surface area contributed by atoms with Gasteiger partial charge in [-0.25, -0.2) is 4.98 Å². The molecule has 1 aromatic heterocycles. The number of ether oxygens (including phenoxy) is 1. The number of rotatable bonds is 3. The summed E-state index contributed by atoms with van der Waals surface area (Å²) in [7, 11) is 0. The monoisotopic (exact) mass is 186 g/mol. The molecule has 0 bridgehead atoms. The summed E-state index contributed by atoms with van der Waals surface area (Å²) >= 11 is 5.71. The summed E-state index contributed by atoms with van der Waals surface area (Å²) in [6, 6.07) is 3.49. The molecule has 0 aliphatic rings. The van der Waals surface area contributed by atoms with Crippen LogP contribution >= 0.6 is 11.6 Å². The van der Waals surface area contributed by atoms with Crippen molar-refractivity contribution in [3.8, 4) is 5.75 Å². The molecule has 0 radical (unpaired) electrons. The second-order valence-corrected chi connectivity index (χ2v) is 2.79. The maximum Gasteiger partial charge on any atom is 0.133 e. The number of hydrogen-bond acceptors (Lipinski definition) is 3. The molecule has 66 valence electrons. The van der Waals surface area contributed by atoms with E-state index in [0.717, 1.165) is 11.4 Å². The molecule has 0 atom stereocenters. The van der Waals surface area contributed by atoms with Gasteiger partial charge in [0.05, 0.1) is 0 Å². The quantitative estimate of drug-likeness (QED) is 0.726. The minimum atomic E-state index is 0.446. The average Bonchev–Trinajstić information content (AvgIpc) is 1.99. The molecule has 0 aliphatic carbocycles. The van der Waals surface area contributed by atoms with E-state index >= 15 is 0 Å². The zero-order chi connectivity index (χ0) is 8.97. The highest BCUT2D eigenvalue weighted by Crippen LogP contribution is 2.16. The van der Waals surface area contributed by atoms with Gasteiger partial charge < -0.3 is 10.5 Å². The summed E-state index contributed by atoms with van der Waals surface area (Å²) in [6.45, 7) is 2.86. The van der Waals surface area contributed by atoms with Crippen LogP contribution in [0.1, 0.15) is 5.69 Å². The molecule has 12 heavy (non-hydrogen) atoms. The van der Waals surface area contributed by atoms with Crippen molar-refractivity contribution in [3.63, 3.8) is 0 Å². The van der Waals surface area contributed by atoms with Crippen LogP contribution in [0, 0.1) is 6.92 Å². The van der Waals surface area contributed by atoms with Gasteiger partial charge in [0.15, 0.2) is 0 Å². The summed E-state index contributed by atoms with van der Waals surface area (Å²) in [5, 5.41) is 0.446. The number of nitrogens with zero attached hydrogens (tertiary/aromatic N) is 1. The zero-order valence-corrected chi connectivity index (χ0v) is 7.64. The third kappa shape index (κ3) is 2.68. The molecule has 0 unspecified atom stereocenters. The third-order valence-electron chi connectivity index (χ3n) is 1.28. The highest BCUT2D eigenvalue weighted by molar-refractivity contribution is 6.29. The maximum absolute atomic E-state index is 5.71. The van der Waals surface area contributed by atoms with Crippen molar-refractivity contribution < 1.29 is 4.74 Å². The van der Waals surface area contributed by atoms with E-state index in [0.29, 0.717) is 18.3 Å². The first-order chi connectivity index (χ1) is 5.72. The van der Waals surface area contributed by atoms with E-state index in [-0.39, 0.29) is 0 Å². The van der Waals surface area contributed by atoms with Crippen molar-refractivity contribution in [2.75, 3.05) is 13.2 Å². The minimum Gasteiger partial charge on any atom is -0.492 e. The Morgan fingerprint density at radius 2 is 2.33 bits per heavy atom. The van der Waals surface area contributed by atoms with Gasteiger partial charge in [0, 0.05) is 24.4 Å². The summed E-state index contributed by atoms with van der Waals surface area (Å²) < 4.78 is 5.27. The van der Waals surface area contributed by atoms with Crippen LogP contribution in [0.2, 0.25) is 5.15 Å². The lowest BCUT2D eigenvalue weighted by atomic mass is 10.3. The SMILES string of the molecule is Cc1cc(OCCN)cc(Cl)n1. The number of halogens is 1. The van der Waals surface area contributed by atoms with Gasteiger partial charge in [-0.05, 0) is 6.92 Å². The van der Waals surface area contributed by atoms with Crippen LogP contribution in [-0.4, -0.2) is 18.1 Å². The molecule has 4 heteroatoms. The molecule has 0 aliphatic heterocycles. The first-order valence-corrected chi connectivity index (χ1v) is 4.07. The van der Waals surface area contributed by atoms with Crippen LogP contribution in [0.25, 0.3) is 0 Å². The lowest BCUT2D eigenvalue weighted by Crippen LogP contribution is -2.10. The Bertz CT molecular complexity index is 245. The maximum atomic E-state index is 5.71. The van der Waals surface area contributed by atoms with Gasteiger partial charge in [0.25, 0.3) is 0 Å². The van der Waals surface area contributed by atoms with Gasteiger partial charge in [-0.2, -0.15) is 0 Å². The fourth-order valence-electron chi connectivity index (χ4n) is 0.858. The van der Waals surface area contributed by atoms with Crippen molar-refractivity contribution in [3.05, 3.63) is 23.0 Å². The first-order valence-electron chi connectivity index (χ1n) is 3.69. The molecule has 0 spiro atoms. The van der Waals surface area contributed by atoms with Crippen molar-refractivity contribution in [2.45, 2.75) is 6.92 Å². The van der Waals surface area contributed by atoms with Gasteiger partial charge in [-0.3, -0.25) is 0 Å². The molecule has 1 heterocycles. The fraction of sp³-hybridized carbons (Fsp3) is 0.375. The summed E-state index contributed by atoms with van der Waals surface area (Å²) in [6.07, 6.45) is 0. The second kappa shape index (κ2) is 4.28. The topological polar surface area (TPSA) is 48.1 Å². The molecule has 0 saturated carbocycles. The first kappa shape index (κ1) is 9.29. The van der Waals surface area contributed by atoms with Crippen LogP contribution in [0.5, 0.6) is 5.75 Å². The highest BCUT2D eigenvalue weighted by Gasteiger charge is 1.97. The zero-order valence-electron chi connectivity index (χ0n) is 6.88. The van der Waals surface area contributed by atoms with E-state index in [1.807, 2.05) is 13.0 Å². The normalized spacial score (nSPS) is 9.92. The Hall–Kier alpha value is -0.800.